The molecule has 2 nitrogen and oxygen atoms in total. The van der Waals surface area contributed by atoms with Gasteiger partial charge in [-0.2, -0.15) is 0 Å². The van der Waals surface area contributed by atoms with Crippen molar-refractivity contribution in [1.29, 1.82) is 0 Å². The molecule has 2 atom stereocenters. The van der Waals surface area contributed by atoms with E-state index in [9.17, 15) is 5.11 Å². The van der Waals surface area contributed by atoms with Crippen LogP contribution < -0.4 is 4.74 Å². The van der Waals surface area contributed by atoms with E-state index in [1.807, 2.05) is 6.07 Å². The van der Waals surface area contributed by atoms with E-state index in [1.54, 1.807) is 13.2 Å². The highest BCUT2D eigenvalue weighted by Crippen LogP contribution is 2.35. The molecule has 0 amide bonds. The number of rotatable bonds is 1. The molecule has 1 aromatic rings. The summed E-state index contributed by atoms with van der Waals surface area (Å²) in [5.74, 6) is 2.76. The number of methoxy groups -OCH3 is 1. The van der Waals surface area contributed by atoms with Gasteiger partial charge in [-0.05, 0) is 43.2 Å². The van der Waals surface area contributed by atoms with Crippen molar-refractivity contribution in [2.45, 2.75) is 52.4 Å². The van der Waals surface area contributed by atoms with Gasteiger partial charge in [-0.3, -0.25) is 0 Å². The van der Waals surface area contributed by atoms with Crippen molar-refractivity contribution >= 4 is 0 Å². The fraction of sp³-hybridized carbons (Fsp3) is 0.647. The van der Waals surface area contributed by atoms with Gasteiger partial charge in [0.2, 0.25) is 0 Å². The Kier molecular flexibility index (Phi) is 4.73. The summed E-state index contributed by atoms with van der Waals surface area (Å²) >= 11 is 0. The molecule has 19 heavy (non-hydrogen) atoms. The third-order valence-corrected chi connectivity index (χ3v) is 4.42. The van der Waals surface area contributed by atoms with Gasteiger partial charge in [0.1, 0.15) is 11.5 Å². The van der Waals surface area contributed by atoms with Crippen LogP contribution in [0.25, 0.3) is 0 Å². The molecule has 0 radical (unpaired) electrons. The Morgan fingerprint density at radius 1 is 1.05 bits per heavy atom. The molecule has 0 aliphatic heterocycles. The molecule has 0 saturated heterocycles. The van der Waals surface area contributed by atoms with Crippen LogP contribution in [0.5, 0.6) is 11.5 Å². The van der Waals surface area contributed by atoms with Crippen LogP contribution >= 0.6 is 0 Å². The summed E-state index contributed by atoms with van der Waals surface area (Å²) in [4.78, 5) is 0. The lowest BCUT2D eigenvalue weighted by Crippen LogP contribution is -2.09. The third-order valence-electron chi connectivity index (χ3n) is 4.42. The Hall–Kier alpha value is -1.18. The van der Waals surface area contributed by atoms with E-state index in [2.05, 4.69) is 13.8 Å². The molecule has 0 saturated carbocycles. The molecule has 0 heterocycles. The molecule has 0 spiro atoms. The summed E-state index contributed by atoms with van der Waals surface area (Å²) in [6.45, 7) is 4.62. The molecule has 2 heteroatoms. The van der Waals surface area contributed by atoms with Crippen molar-refractivity contribution in [2.24, 2.45) is 11.8 Å². The highest BCUT2D eigenvalue weighted by atomic mass is 16.5. The van der Waals surface area contributed by atoms with Gasteiger partial charge in [0.25, 0.3) is 0 Å². The van der Waals surface area contributed by atoms with Gasteiger partial charge >= 0.3 is 0 Å². The fourth-order valence-corrected chi connectivity index (χ4v) is 3.15. The second-order valence-corrected chi connectivity index (χ2v) is 6.13. The van der Waals surface area contributed by atoms with E-state index in [0.29, 0.717) is 11.7 Å². The Morgan fingerprint density at radius 2 is 1.79 bits per heavy atom. The summed E-state index contributed by atoms with van der Waals surface area (Å²) in [5.41, 5.74) is 2.34. The molecule has 1 aromatic carbocycles. The number of benzene rings is 1. The average molecular weight is 262 g/mol. The van der Waals surface area contributed by atoms with Crippen LogP contribution in [0.15, 0.2) is 12.1 Å². The number of aromatic hydroxyl groups is 1. The highest BCUT2D eigenvalue weighted by Gasteiger charge is 2.18. The Bertz CT molecular complexity index is 426. The second kappa shape index (κ2) is 6.31. The summed E-state index contributed by atoms with van der Waals surface area (Å²) in [7, 11) is 1.72. The summed E-state index contributed by atoms with van der Waals surface area (Å²) in [5, 5.41) is 10.2. The van der Waals surface area contributed by atoms with Crippen LogP contribution in [0, 0.1) is 11.8 Å². The molecule has 1 N–H and O–H groups in total. The Morgan fingerprint density at radius 3 is 2.53 bits per heavy atom. The van der Waals surface area contributed by atoms with Crippen LogP contribution in [-0.2, 0) is 12.8 Å². The predicted molar refractivity (Wildman–Crippen MR) is 78.9 cm³/mol. The first-order valence-corrected chi connectivity index (χ1v) is 7.49. The van der Waals surface area contributed by atoms with Crippen molar-refractivity contribution in [2.75, 3.05) is 7.11 Å². The van der Waals surface area contributed by atoms with Crippen molar-refractivity contribution < 1.29 is 9.84 Å². The van der Waals surface area contributed by atoms with Gasteiger partial charge in [0.15, 0.2) is 0 Å². The van der Waals surface area contributed by atoms with Gasteiger partial charge in [-0.25, -0.2) is 0 Å². The minimum atomic E-state index is 0.441. The maximum atomic E-state index is 10.2. The minimum Gasteiger partial charge on any atom is -0.508 e. The molecule has 0 fully saturated rings. The summed E-state index contributed by atoms with van der Waals surface area (Å²) in [6.07, 6.45) is 7.04. The van der Waals surface area contributed by atoms with Crippen LogP contribution in [0.4, 0.5) is 0 Å². The van der Waals surface area contributed by atoms with Gasteiger partial charge in [-0.1, -0.05) is 33.1 Å². The van der Waals surface area contributed by atoms with E-state index >= 15 is 0 Å². The van der Waals surface area contributed by atoms with Crippen LogP contribution in [0.3, 0.4) is 0 Å². The van der Waals surface area contributed by atoms with Crippen LogP contribution in [0.1, 0.15) is 50.7 Å². The van der Waals surface area contributed by atoms with E-state index in [4.69, 9.17) is 4.74 Å². The molecule has 1 aliphatic rings. The first-order valence-electron chi connectivity index (χ1n) is 7.49. The maximum absolute atomic E-state index is 10.2. The zero-order valence-electron chi connectivity index (χ0n) is 12.4. The molecular weight excluding hydrogens is 236 g/mol. The fourth-order valence-electron chi connectivity index (χ4n) is 3.15. The minimum absolute atomic E-state index is 0.441. The first-order chi connectivity index (χ1) is 9.11. The molecule has 0 bridgehead atoms. The lowest BCUT2D eigenvalue weighted by atomic mass is 9.85. The number of ether oxygens (including phenoxy) is 1. The number of hydrogen-bond acceptors (Lipinski definition) is 2. The topological polar surface area (TPSA) is 29.5 Å². The normalized spacial score (nSPS) is 24.6. The van der Waals surface area contributed by atoms with Crippen molar-refractivity contribution in [3.05, 3.63) is 23.3 Å². The number of phenols is 1. The van der Waals surface area contributed by atoms with Crippen LogP contribution in [0.2, 0.25) is 0 Å². The van der Waals surface area contributed by atoms with Crippen LogP contribution in [-0.4, -0.2) is 12.2 Å². The predicted octanol–water partition coefficient (Wildman–Crippen LogP) is 4.33. The van der Waals surface area contributed by atoms with E-state index in [1.165, 1.54) is 31.2 Å². The van der Waals surface area contributed by atoms with E-state index in [0.717, 1.165) is 30.1 Å². The molecule has 0 aromatic heterocycles. The van der Waals surface area contributed by atoms with Gasteiger partial charge in [0.05, 0.1) is 7.11 Å². The SMILES string of the molecule is COc1ccc(O)c2c1CCC(C)CCCC(C)C2. The number of hydrogen-bond donors (Lipinski definition) is 1. The zero-order valence-corrected chi connectivity index (χ0v) is 12.4. The van der Waals surface area contributed by atoms with Crippen molar-refractivity contribution in [1.82, 2.24) is 0 Å². The largest absolute Gasteiger partial charge is 0.508 e. The lowest BCUT2D eigenvalue weighted by molar-refractivity contribution is 0.382. The molecule has 2 unspecified atom stereocenters. The van der Waals surface area contributed by atoms with Crippen molar-refractivity contribution in [3.63, 3.8) is 0 Å². The smallest absolute Gasteiger partial charge is 0.122 e. The summed E-state index contributed by atoms with van der Waals surface area (Å²) < 4.78 is 5.50. The third kappa shape index (κ3) is 3.43. The standard InChI is InChI=1S/C17H26O2/c1-12-5-4-6-13(2)11-15-14(8-7-12)17(19-3)10-9-16(15)18/h9-10,12-13,18H,4-8,11H2,1-3H3. The Labute approximate surface area is 116 Å². The molecular formula is C17H26O2. The summed E-state index contributed by atoms with van der Waals surface area (Å²) in [6, 6.07) is 3.68. The Balaban J connectivity index is 2.38. The zero-order chi connectivity index (χ0) is 13.8. The number of phenolic OH excluding ortho intramolecular Hbond substituents is 1. The van der Waals surface area contributed by atoms with Gasteiger partial charge in [0, 0.05) is 11.1 Å². The van der Waals surface area contributed by atoms with Gasteiger partial charge < -0.3 is 9.84 Å². The molecule has 106 valence electrons. The monoisotopic (exact) mass is 262 g/mol. The average Bonchev–Trinajstić information content (AvgIpc) is 2.39. The van der Waals surface area contributed by atoms with E-state index in [-0.39, 0.29) is 0 Å². The second-order valence-electron chi connectivity index (χ2n) is 6.13. The molecule has 2 rings (SSSR count). The highest BCUT2D eigenvalue weighted by molar-refractivity contribution is 5.48. The van der Waals surface area contributed by atoms with E-state index < -0.39 is 0 Å². The quantitative estimate of drug-likeness (QED) is 0.816. The lowest BCUT2D eigenvalue weighted by Gasteiger charge is -2.22. The van der Waals surface area contributed by atoms with Crippen molar-refractivity contribution in [3.8, 4) is 11.5 Å². The maximum Gasteiger partial charge on any atom is 0.122 e. The first kappa shape index (κ1) is 14.2. The van der Waals surface area contributed by atoms with Gasteiger partial charge in [-0.15, -0.1) is 0 Å². The molecule has 1 aliphatic carbocycles. The number of fused-ring (bicyclic) bond motifs is 1.